The van der Waals surface area contributed by atoms with Crippen molar-refractivity contribution in [3.05, 3.63) is 39.8 Å². The number of nitrogens with one attached hydrogen (secondary N) is 3. The van der Waals surface area contributed by atoms with E-state index in [1.54, 1.807) is 6.08 Å². The maximum Gasteiger partial charge on any atom is 4.00 e. The summed E-state index contributed by atoms with van der Waals surface area (Å²) in [5, 5.41) is 0. The number of hydrogen-bond donors (Lipinski definition) is 0. The van der Waals surface area contributed by atoms with E-state index in [9.17, 15) is 7.00 Å². The van der Waals surface area contributed by atoms with Gasteiger partial charge in [0.25, 0.3) is 0 Å². The monoisotopic (exact) mass is 357 g/mol. The Balaban J connectivity index is -0.0000000755. The maximum absolute atomic E-state index is 11.8. The molecular formula is C8H17F2GeN3Zr. The van der Waals surface area contributed by atoms with Crippen LogP contribution < -0.4 is 0 Å². The molecule has 0 spiro atoms. The van der Waals surface area contributed by atoms with Crippen molar-refractivity contribution in [1.82, 2.24) is 0 Å². The predicted molar refractivity (Wildman–Crippen MR) is 60.6 cm³/mol. The number of halogens is 2. The van der Waals surface area contributed by atoms with Crippen LogP contribution in [0.1, 0.15) is 6.42 Å². The van der Waals surface area contributed by atoms with Crippen molar-refractivity contribution in [2.75, 3.05) is 21.1 Å². The van der Waals surface area contributed by atoms with E-state index in [1.165, 1.54) is 27.2 Å². The van der Waals surface area contributed by atoms with Gasteiger partial charge in [0.05, 0.1) is 0 Å². The van der Waals surface area contributed by atoms with Gasteiger partial charge in [-0.3, -0.25) is 0 Å². The molecule has 0 unspecified atom stereocenters. The van der Waals surface area contributed by atoms with E-state index in [4.69, 9.17) is 17.2 Å². The maximum atomic E-state index is 11.8. The van der Waals surface area contributed by atoms with E-state index in [2.05, 4.69) is 6.08 Å². The standard InChI is InChI=1S/C5H5F2Ge.3CH4N.Zr/c6-8(7)5-3-1-2-4-5;3*1-2;/h1,3,8H,2H2;3*2H,1H3;/q4*-1;+4. The Morgan fingerprint density at radius 2 is 1.53 bits per heavy atom. The summed E-state index contributed by atoms with van der Waals surface area (Å²) in [7, 11) is 3.75. The Labute approximate surface area is 115 Å². The van der Waals surface area contributed by atoms with Crippen molar-refractivity contribution in [2.24, 2.45) is 0 Å². The molecule has 0 bridgehead atoms. The van der Waals surface area contributed by atoms with E-state index in [-0.39, 0.29) is 30.6 Å². The van der Waals surface area contributed by atoms with Crippen molar-refractivity contribution in [3.8, 4) is 0 Å². The Kier molecular flexibility index (Phi) is 39.7. The summed E-state index contributed by atoms with van der Waals surface area (Å²) in [4.78, 5) is 0. The Morgan fingerprint density at radius 1 is 1.13 bits per heavy atom. The molecule has 0 fully saturated rings. The van der Waals surface area contributed by atoms with Crippen molar-refractivity contribution < 1.29 is 33.2 Å². The topological polar surface area (TPSA) is 71.4 Å². The molecule has 0 saturated carbocycles. The average molecular weight is 357 g/mol. The minimum Gasteiger partial charge on any atom is 4.00 e. The van der Waals surface area contributed by atoms with Gasteiger partial charge in [0.2, 0.25) is 0 Å². The molecule has 7 heteroatoms. The van der Waals surface area contributed by atoms with E-state index in [0.717, 1.165) is 0 Å². The molecule has 86 valence electrons. The summed E-state index contributed by atoms with van der Waals surface area (Å²) in [6.07, 6.45) is 6.39. The molecule has 3 nitrogen and oxygen atoms in total. The third-order valence-corrected chi connectivity index (χ3v) is 2.78. The largest absolute Gasteiger partial charge is 4.00 e. The third kappa shape index (κ3) is 17.3. The van der Waals surface area contributed by atoms with Crippen molar-refractivity contribution in [1.29, 1.82) is 0 Å². The van der Waals surface area contributed by atoms with Crippen LogP contribution in [-0.2, 0) is 26.2 Å². The fourth-order valence-corrected chi connectivity index (χ4v) is 1.73. The summed E-state index contributed by atoms with van der Waals surface area (Å²) < 4.78 is 23.8. The van der Waals surface area contributed by atoms with Crippen LogP contribution in [0.15, 0.2) is 16.6 Å². The molecule has 0 aromatic carbocycles. The van der Waals surface area contributed by atoms with Gasteiger partial charge in [-0.1, -0.05) is 0 Å². The zero-order chi connectivity index (χ0) is 12.0. The molecule has 15 heavy (non-hydrogen) atoms. The minimum absolute atomic E-state index is 0. The predicted octanol–water partition coefficient (Wildman–Crippen LogP) is 3.38. The zero-order valence-corrected chi connectivity index (χ0v) is 14.1. The van der Waals surface area contributed by atoms with Crippen LogP contribution in [0, 0.1) is 6.08 Å². The van der Waals surface area contributed by atoms with Crippen molar-refractivity contribution in [2.45, 2.75) is 6.42 Å². The van der Waals surface area contributed by atoms with Gasteiger partial charge < -0.3 is 17.2 Å². The van der Waals surface area contributed by atoms with Gasteiger partial charge in [0.1, 0.15) is 0 Å². The second-order valence-corrected chi connectivity index (χ2v) is 4.11. The quantitative estimate of drug-likeness (QED) is 0.510. The Hall–Kier alpha value is 0.646. The molecule has 1 rings (SSSR count). The Bertz CT molecular complexity index is 155. The number of hydrogen-bond acceptors (Lipinski definition) is 0. The third-order valence-electron chi connectivity index (χ3n) is 0.957. The molecule has 0 aliphatic heterocycles. The van der Waals surface area contributed by atoms with Gasteiger partial charge in [-0.05, 0) is 0 Å². The molecular weight excluding hydrogens is 340 g/mol. The summed E-state index contributed by atoms with van der Waals surface area (Å²) in [5.41, 5.74) is 17.2. The van der Waals surface area contributed by atoms with Gasteiger partial charge in [0.15, 0.2) is 0 Å². The Morgan fingerprint density at radius 3 is 1.67 bits per heavy atom. The molecule has 0 aromatic rings. The SMILES string of the molecule is C[NH-].C[NH-].C[NH-].[F][GeH]([F])[C]1=[C-]CC=C1.[Zr+4]. The first-order valence-corrected chi connectivity index (χ1v) is 6.90. The van der Waals surface area contributed by atoms with Crippen LogP contribution in [0.2, 0.25) is 0 Å². The fourth-order valence-electron chi connectivity index (χ4n) is 0.571. The van der Waals surface area contributed by atoms with E-state index in [1.807, 2.05) is 0 Å². The molecule has 3 N–H and O–H groups in total. The summed E-state index contributed by atoms with van der Waals surface area (Å²) in [6, 6.07) is 0. The van der Waals surface area contributed by atoms with E-state index in [0.29, 0.717) is 6.42 Å². The minimum atomic E-state index is -3.91. The molecule has 0 radical (unpaired) electrons. The molecule has 0 amide bonds. The first kappa shape index (κ1) is 24.7. The van der Waals surface area contributed by atoms with E-state index >= 15 is 0 Å². The van der Waals surface area contributed by atoms with Crippen LogP contribution in [0.3, 0.4) is 0 Å². The first-order valence-electron chi connectivity index (χ1n) is 3.86. The smallest absolute Gasteiger partial charge is 4.00 e. The fraction of sp³-hybridized carbons (Fsp3) is 0.500. The van der Waals surface area contributed by atoms with Crippen LogP contribution in [0.5, 0.6) is 0 Å². The van der Waals surface area contributed by atoms with Gasteiger partial charge in [-0.2, -0.15) is 21.1 Å². The second kappa shape index (κ2) is 24.1. The first-order chi connectivity index (χ1) is 6.80. The van der Waals surface area contributed by atoms with Gasteiger partial charge in [0, 0.05) is 0 Å². The molecule has 1 aliphatic carbocycles. The summed E-state index contributed by atoms with van der Waals surface area (Å²) >= 11 is -3.91. The molecule has 0 atom stereocenters. The van der Waals surface area contributed by atoms with Crippen molar-refractivity contribution in [3.63, 3.8) is 0 Å². The van der Waals surface area contributed by atoms with Gasteiger partial charge in [-0.15, -0.1) is 0 Å². The number of rotatable bonds is 1. The molecule has 0 heterocycles. The van der Waals surface area contributed by atoms with Crippen LogP contribution in [0.25, 0.3) is 17.2 Å². The van der Waals surface area contributed by atoms with Crippen LogP contribution in [0.4, 0.5) is 7.00 Å². The van der Waals surface area contributed by atoms with Crippen LogP contribution in [-0.4, -0.2) is 36.4 Å². The van der Waals surface area contributed by atoms with Crippen LogP contribution >= 0.6 is 0 Å². The zero-order valence-electron chi connectivity index (χ0n) is 9.20. The number of allylic oxidation sites excluding steroid dienone is 4. The van der Waals surface area contributed by atoms with Gasteiger partial charge in [-0.25, -0.2) is 0 Å². The van der Waals surface area contributed by atoms with E-state index < -0.39 is 15.3 Å². The average Bonchev–Trinajstić information content (AvgIpc) is 2.80. The normalized spacial score (nSPS) is 10.6. The summed E-state index contributed by atoms with van der Waals surface area (Å²) in [6.45, 7) is 0. The molecule has 0 aromatic heterocycles. The molecule has 1 aliphatic rings. The molecule has 0 saturated heterocycles. The van der Waals surface area contributed by atoms with Gasteiger partial charge >= 0.3 is 77.5 Å². The second-order valence-electron chi connectivity index (χ2n) is 1.54. The summed E-state index contributed by atoms with van der Waals surface area (Å²) in [5.74, 6) is 0. The van der Waals surface area contributed by atoms with Crippen molar-refractivity contribution >= 4 is 15.3 Å².